The fraction of sp³-hybridized carbons (Fsp3) is 0.263. The van der Waals surface area contributed by atoms with E-state index in [0.29, 0.717) is 5.56 Å². The van der Waals surface area contributed by atoms with Crippen molar-refractivity contribution in [3.8, 4) is 0 Å². The van der Waals surface area contributed by atoms with E-state index >= 15 is 0 Å². The highest BCUT2D eigenvalue weighted by molar-refractivity contribution is 6.31. The van der Waals surface area contributed by atoms with E-state index in [2.05, 4.69) is 31.6 Å². The summed E-state index contributed by atoms with van der Waals surface area (Å²) in [6.45, 7) is 6.24. The summed E-state index contributed by atoms with van der Waals surface area (Å²) in [6, 6.07) is 11.3. The number of rotatable bonds is 3. The van der Waals surface area contributed by atoms with Crippen LogP contribution in [0.2, 0.25) is 5.02 Å². The second-order valence-electron chi connectivity index (χ2n) is 6.71. The summed E-state index contributed by atoms with van der Waals surface area (Å²) in [5, 5.41) is 0.166. The maximum atomic E-state index is 13.7. The minimum absolute atomic E-state index is 0.0117. The molecule has 0 heterocycles. The first-order valence-corrected chi connectivity index (χ1v) is 8.19. The Hall–Kier alpha value is -2.40. The minimum atomic E-state index is -0.563. The van der Waals surface area contributed by atoms with E-state index in [1.165, 1.54) is 18.2 Å². The average Bonchev–Trinajstić information content (AvgIpc) is 2.55. The molecule has 0 bridgehead atoms. The minimum Gasteiger partial charge on any atom is -0.273 e. The Kier molecular flexibility index (Phi) is 5.80. The van der Waals surface area contributed by atoms with Crippen molar-refractivity contribution in [2.75, 3.05) is 0 Å². The van der Waals surface area contributed by atoms with Gasteiger partial charge in [-0.3, -0.25) is 20.4 Å². The van der Waals surface area contributed by atoms with Gasteiger partial charge in [0.1, 0.15) is 5.82 Å². The molecule has 132 valence electrons. The summed E-state index contributed by atoms with van der Waals surface area (Å²) >= 11 is 5.88. The van der Waals surface area contributed by atoms with Gasteiger partial charge in [-0.25, -0.2) is 4.39 Å². The number of hydrazine groups is 1. The van der Waals surface area contributed by atoms with Crippen LogP contribution >= 0.6 is 11.6 Å². The molecule has 0 spiro atoms. The van der Waals surface area contributed by atoms with Gasteiger partial charge >= 0.3 is 0 Å². The van der Waals surface area contributed by atoms with Crippen LogP contribution in [0.4, 0.5) is 4.39 Å². The maximum absolute atomic E-state index is 13.7. The van der Waals surface area contributed by atoms with Gasteiger partial charge in [0, 0.05) is 16.1 Å². The number of hydrogen-bond donors (Lipinski definition) is 2. The van der Waals surface area contributed by atoms with Crippen molar-refractivity contribution in [1.82, 2.24) is 10.9 Å². The molecule has 2 rings (SSSR count). The van der Waals surface area contributed by atoms with Crippen LogP contribution in [0.3, 0.4) is 0 Å². The maximum Gasteiger partial charge on any atom is 0.269 e. The third-order valence-electron chi connectivity index (χ3n) is 3.73. The lowest BCUT2D eigenvalue weighted by atomic mass is 9.87. The normalized spacial score (nSPS) is 11.1. The Bertz CT molecular complexity index is 763. The van der Waals surface area contributed by atoms with Crippen LogP contribution in [-0.2, 0) is 16.6 Å². The lowest BCUT2D eigenvalue weighted by Crippen LogP contribution is -2.42. The third kappa shape index (κ3) is 5.03. The molecule has 25 heavy (non-hydrogen) atoms. The van der Waals surface area contributed by atoms with Crippen LogP contribution in [0.25, 0.3) is 0 Å². The van der Waals surface area contributed by atoms with Crippen molar-refractivity contribution in [2.24, 2.45) is 0 Å². The second-order valence-corrected chi connectivity index (χ2v) is 7.11. The smallest absolute Gasteiger partial charge is 0.269 e. The van der Waals surface area contributed by atoms with Crippen LogP contribution in [0.1, 0.15) is 42.3 Å². The third-order valence-corrected chi connectivity index (χ3v) is 4.08. The Morgan fingerprint density at radius 2 is 1.68 bits per heavy atom. The van der Waals surface area contributed by atoms with E-state index in [0.717, 1.165) is 5.56 Å². The predicted octanol–water partition coefficient (Wildman–Crippen LogP) is 3.78. The molecule has 2 N–H and O–H groups in total. The number of carbonyl (C=O) groups is 2. The van der Waals surface area contributed by atoms with Crippen LogP contribution in [0.15, 0.2) is 42.5 Å². The van der Waals surface area contributed by atoms with Gasteiger partial charge in [0.2, 0.25) is 5.91 Å². The number of hydrogen-bond acceptors (Lipinski definition) is 2. The van der Waals surface area contributed by atoms with Gasteiger partial charge in [0.05, 0.1) is 6.42 Å². The molecule has 0 unspecified atom stereocenters. The highest BCUT2D eigenvalue weighted by atomic mass is 35.5. The topological polar surface area (TPSA) is 58.2 Å². The standard InChI is InChI=1S/C19H20ClFN2O2/c1-19(2,3)13-9-7-12(8-10-13)18(25)23-22-17(24)11-14-15(20)5-4-6-16(14)21/h4-10H,11H2,1-3H3,(H,22,24)(H,23,25). The molecule has 0 aliphatic heterocycles. The highest BCUT2D eigenvalue weighted by Crippen LogP contribution is 2.22. The zero-order chi connectivity index (χ0) is 18.6. The lowest BCUT2D eigenvalue weighted by Gasteiger charge is -2.19. The van der Waals surface area contributed by atoms with Crippen molar-refractivity contribution >= 4 is 23.4 Å². The molecule has 0 aliphatic carbocycles. The number of nitrogens with one attached hydrogen (secondary N) is 2. The highest BCUT2D eigenvalue weighted by Gasteiger charge is 2.15. The molecule has 0 aliphatic rings. The quantitative estimate of drug-likeness (QED) is 0.816. The molecule has 4 nitrogen and oxygen atoms in total. The molecule has 0 saturated heterocycles. The molecule has 2 aromatic rings. The number of benzene rings is 2. The fourth-order valence-corrected chi connectivity index (χ4v) is 2.46. The molecule has 0 aromatic heterocycles. The summed E-state index contributed by atoms with van der Waals surface area (Å²) < 4.78 is 13.7. The van der Waals surface area contributed by atoms with E-state index in [1.807, 2.05) is 12.1 Å². The lowest BCUT2D eigenvalue weighted by molar-refractivity contribution is -0.121. The van der Waals surface area contributed by atoms with Crippen molar-refractivity contribution < 1.29 is 14.0 Å². The van der Waals surface area contributed by atoms with Gasteiger partial charge in [-0.15, -0.1) is 0 Å². The summed E-state index contributed by atoms with van der Waals surface area (Å²) in [5.74, 6) is -1.58. The fourth-order valence-electron chi connectivity index (χ4n) is 2.23. The Morgan fingerprint density at radius 3 is 2.24 bits per heavy atom. The predicted molar refractivity (Wildman–Crippen MR) is 95.9 cm³/mol. The first-order chi connectivity index (χ1) is 11.7. The van der Waals surface area contributed by atoms with Gasteiger partial charge < -0.3 is 0 Å². The Labute approximate surface area is 151 Å². The van der Waals surface area contributed by atoms with Crippen molar-refractivity contribution in [1.29, 1.82) is 0 Å². The summed E-state index contributed by atoms with van der Waals surface area (Å²) in [6.07, 6.45) is -0.269. The molecule has 2 aromatic carbocycles. The van der Waals surface area contributed by atoms with Crippen molar-refractivity contribution in [3.05, 3.63) is 70.0 Å². The van der Waals surface area contributed by atoms with Gasteiger partial charge in [0.15, 0.2) is 0 Å². The Morgan fingerprint density at radius 1 is 1.04 bits per heavy atom. The van der Waals surface area contributed by atoms with E-state index in [-0.39, 0.29) is 22.4 Å². The largest absolute Gasteiger partial charge is 0.273 e. The molecule has 0 atom stereocenters. The van der Waals surface area contributed by atoms with E-state index < -0.39 is 17.6 Å². The number of carbonyl (C=O) groups excluding carboxylic acids is 2. The van der Waals surface area contributed by atoms with Crippen molar-refractivity contribution in [3.63, 3.8) is 0 Å². The van der Waals surface area contributed by atoms with Gasteiger partial charge in [-0.2, -0.15) is 0 Å². The summed E-state index contributed by atoms with van der Waals surface area (Å²) in [7, 11) is 0. The SMILES string of the molecule is CC(C)(C)c1ccc(C(=O)NNC(=O)Cc2c(F)cccc2Cl)cc1. The second kappa shape index (κ2) is 7.66. The van der Waals surface area contributed by atoms with Gasteiger partial charge in [-0.1, -0.05) is 50.6 Å². The van der Waals surface area contributed by atoms with Crippen LogP contribution in [-0.4, -0.2) is 11.8 Å². The van der Waals surface area contributed by atoms with E-state index in [9.17, 15) is 14.0 Å². The molecule has 0 radical (unpaired) electrons. The van der Waals surface area contributed by atoms with Crippen molar-refractivity contribution in [2.45, 2.75) is 32.6 Å². The summed E-state index contributed by atoms with van der Waals surface area (Å²) in [5.41, 5.74) is 6.17. The first kappa shape index (κ1) is 18.9. The summed E-state index contributed by atoms with van der Waals surface area (Å²) in [4.78, 5) is 24.0. The Balaban J connectivity index is 1.94. The van der Waals surface area contributed by atoms with Gasteiger partial charge in [-0.05, 0) is 35.2 Å². The van der Waals surface area contributed by atoms with Crippen LogP contribution < -0.4 is 10.9 Å². The first-order valence-electron chi connectivity index (χ1n) is 7.81. The number of amides is 2. The molecule has 6 heteroatoms. The average molecular weight is 363 g/mol. The molecule has 0 saturated carbocycles. The van der Waals surface area contributed by atoms with E-state index in [4.69, 9.17) is 11.6 Å². The van der Waals surface area contributed by atoms with Crippen LogP contribution in [0, 0.1) is 5.82 Å². The molecular formula is C19H20ClFN2O2. The molecule has 0 fully saturated rings. The van der Waals surface area contributed by atoms with Gasteiger partial charge in [0.25, 0.3) is 5.91 Å². The zero-order valence-corrected chi connectivity index (χ0v) is 15.1. The molecule has 2 amide bonds. The number of halogens is 2. The zero-order valence-electron chi connectivity index (χ0n) is 14.3. The van der Waals surface area contributed by atoms with Crippen LogP contribution in [0.5, 0.6) is 0 Å². The van der Waals surface area contributed by atoms with E-state index in [1.54, 1.807) is 12.1 Å². The molecular weight excluding hydrogens is 343 g/mol. The monoisotopic (exact) mass is 362 g/mol.